The van der Waals surface area contributed by atoms with E-state index in [4.69, 9.17) is 4.74 Å². The molecule has 1 aromatic heterocycles. The Labute approximate surface area is 303 Å². The van der Waals surface area contributed by atoms with Crippen LogP contribution in [0, 0.1) is 11.8 Å². The highest BCUT2D eigenvalue weighted by Gasteiger charge is 2.34. The van der Waals surface area contributed by atoms with Crippen molar-refractivity contribution in [1.29, 1.82) is 0 Å². The predicted octanol–water partition coefficient (Wildman–Crippen LogP) is 6.46. The number of pyridine rings is 1. The third-order valence-electron chi connectivity index (χ3n) is 10.6. The third-order valence-corrected chi connectivity index (χ3v) is 10.6. The Morgan fingerprint density at radius 1 is 0.804 bits per heavy atom. The first-order valence-electron chi connectivity index (χ1n) is 19.1. The molecule has 0 saturated carbocycles. The number of rotatable bonds is 16. The van der Waals surface area contributed by atoms with E-state index < -0.39 is 6.10 Å². The summed E-state index contributed by atoms with van der Waals surface area (Å²) in [6.45, 7) is 3.46. The van der Waals surface area contributed by atoms with Crippen LogP contribution in [0.25, 0.3) is 10.9 Å². The predicted molar refractivity (Wildman–Crippen MR) is 202 cm³/mol. The summed E-state index contributed by atoms with van der Waals surface area (Å²) >= 11 is 0. The van der Waals surface area contributed by atoms with E-state index in [1.54, 1.807) is 6.20 Å². The zero-order valence-electron chi connectivity index (χ0n) is 29.9. The molecule has 0 radical (unpaired) electrons. The number of fused-ring (bicyclic) bond motifs is 1. The molecule has 51 heavy (non-hydrogen) atoms. The molecule has 8 nitrogen and oxygen atoms in total. The Hall–Kier alpha value is -4.27. The maximum atomic E-state index is 13.7. The Morgan fingerprint density at radius 2 is 1.49 bits per heavy atom. The lowest BCUT2D eigenvalue weighted by atomic mass is 9.91. The van der Waals surface area contributed by atoms with Crippen LogP contribution in [-0.2, 0) is 22.4 Å². The van der Waals surface area contributed by atoms with E-state index in [0.717, 1.165) is 100 Å². The number of likely N-dealkylation sites (tertiary alicyclic amines) is 2. The van der Waals surface area contributed by atoms with Gasteiger partial charge in [-0.2, -0.15) is 0 Å². The average Bonchev–Trinajstić information content (AvgIpc) is 3.18. The molecule has 2 aliphatic heterocycles. The topological polar surface area (TPSA) is 95.0 Å². The lowest BCUT2D eigenvalue weighted by Crippen LogP contribution is -2.50. The summed E-state index contributed by atoms with van der Waals surface area (Å²) in [5.41, 5.74) is 3.53. The highest BCUT2D eigenvalue weighted by atomic mass is 16.5. The molecule has 2 aliphatic rings. The molecule has 2 fully saturated rings. The van der Waals surface area contributed by atoms with E-state index in [0.29, 0.717) is 13.1 Å². The number of aryl methyl sites for hydroxylation is 2. The Kier molecular flexibility index (Phi) is 13.5. The molecule has 0 spiro atoms. The third kappa shape index (κ3) is 10.9. The molecule has 4 aromatic rings. The van der Waals surface area contributed by atoms with Gasteiger partial charge in [-0.15, -0.1) is 0 Å². The van der Waals surface area contributed by atoms with E-state index in [-0.39, 0.29) is 36.3 Å². The molecular formula is C43H54N4O4. The van der Waals surface area contributed by atoms with Crippen LogP contribution >= 0.6 is 0 Å². The standard InChI is InChI=1S/C43H54N4O4/c48-38(32-51-41-23-9-22-40-39(41)21-10-26-44-40)31-46-28-24-35(25-29-46)43(50)47-27-11-18-36(30-47)42(49)45-37(19-7-16-33-12-3-1-4-13-33)20-8-17-34-14-5-2-6-15-34/h1-6,9-10,12-15,21-23,26,35-38,48H,7-8,11,16-20,24-25,27-32H2,(H,45,49). The number of hydrogen-bond donors (Lipinski definition) is 2. The fraction of sp³-hybridized carbons (Fsp3) is 0.465. The fourth-order valence-electron chi connectivity index (χ4n) is 7.75. The van der Waals surface area contributed by atoms with E-state index in [9.17, 15) is 14.7 Å². The minimum atomic E-state index is -0.633. The van der Waals surface area contributed by atoms with Gasteiger partial charge in [-0.25, -0.2) is 0 Å². The largest absolute Gasteiger partial charge is 0.490 e. The number of benzene rings is 3. The number of piperidine rings is 2. The average molecular weight is 691 g/mol. The van der Waals surface area contributed by atoms with Gasteiger partial charge in [-0.05, 0) is 113 Å². The molecule has 0 aliphatic carbocycles. The van der Waals surface area contributed by atoms with Gasteiger partial charge >= 0.3 is 0 Å². The summed E-state index contributed by atoms with van der Waals surface area (Å²) in [4.78, 5) is 35.9. The first-order valence-corrected chi connectivity index (χ1v) is 19.1. The molecule has 6 rings (SSSR count). The number of aromatic nitrogens is 1. The zero-order chi connectivity index (χ0) is 35.3. The van der Waals surface area contributed by atoms with Gasteiger partial charge in [0.05, 0.1) is 11.4 Å². The summed E-state index contributed by atoms with van der Waals surface area (Å²) in [6.07, 6.45) is 10.3. The first kappa shape index (κ1) is 36.5. The van der Waals surface area contributed by atoms with Crippen molar-refractivity contribution in [2.45, 2.75) is 76.4 Å². The molecule has 2 N–H and O–H groups in total. The number of carbonyl (C=O) groups is 2. The van der Waals surface area contributed by atoms with E-state index >= 15 is 0 Å². The van der Waals surface area contributed by atoms with Crippen molar-refractivity contribution in [1.82, 2.24) is 20.1 Å². The maximum absolute atomic E-state index is 13.7. The van der Waals surface area contributed by atoms with Crippen LogP contribution in [-0.4, -0.2) is 83.2 Å². The van der Waals surface area contributed by atoms with Gasteiger partial charge < -0.3 is 25.0 Å². The number of β-amino-alcohol motifs (C(OH)–C–C–N with tert-alkyl or cyclic N) is 1. The summed E-state index contributed by atoms with van der Waals surface area (Å²) in [6, 6.07) is 30.9. The molecule has 8 heteroatoms. The second-order valence-electron chi connectivity index (χ2n) is 14.5. The number of aliphatic hydroxyl groups excluding tert-OH is 1. The minimum Gasteiger partial charge on any atom is -0.490 e. The molecule has 3 heterocycles. The monoisotopic (exact) mass is 690 g/mol. The SMILES string of the molecule is O=C(NC(CCCc1ccccc1)CCCc1ccccc1)C1CCCN(C(=O)C2CCN(CC(O)COc3cccc4ncccc34)CC2)C1. The number of carbonyl (C=O) groups excluding carboxylic acids is 2. The lowest BCUT2D eigenvalue weighted by Gasteiger charge is -2.38. The molecule has 2 saturated heterocycles. The van der Waals surface area contributed by atoms with Gasteiger partial charge in [0.2, 0.25) is 11.8 Å². The van der Waals surface area contributed by atoms with Crippen molar-refractivity contribution in [2.75, 3.05) is 39.3 Å². The van der Waals surface area contributed by atoms with Crippen LogP contribution in [0.3, 0.4) is 0 Å². The number of amides is 2. The van der Waals surface area contributed by atoms with E-state index in [1.165, 1.54) is 11.1 Å². The number of ether oxygens (including phenoxy) is 1. The molecule has 2 unspecified atom stereocenters. The second kappa shape index (κ2) is 18.8. The van der Waals surface area contributed by atoms with Crippen LogP contribution in [0.4, 0.5) is 0 Å². The number of nitrogens with one attached hydrogen (secondary N) is 1. The van der Waals surface area contributed by atoms with Crippen LogP contribution < -0.4 is 10.1 Å². The molecule has 2 atom stereocenters. The second-order valence-corrected chi connectivity index (χ2v) is 14.5. The molecule has 270 valence electrons. The van der Waals surface area contributed by atoms with Crippen molar-refractivity contribution in [3.8, 4) is 5.75 Å². The Balaban J connectivity index is 0.943. The summed E-state index contributed by atoms with van der Waals surface area (Å²) in [7, 11) is 0. The first-order chi connectivity index (χ1) is 25.0. The van der Waals surface area contributed by atoms with Crippen LogP contribution in [0.15, 0.2) is 97.2 Å². The zero-order valence-corrected chi connectivity index (χ0v) is 29.9. The van der Waals surface area contributed by atoms with Gasteiger partial charge in [0, 0.05) is 43.2 Å². The minimum absolute atomic E-state index is 0.0386. The van der Waals surface area contributed by atoms with Crippen molar-refractivity contribution >= 4 is 22.7 Å². The molecular weight excluding hydrogens is 636 g/mol. The molecule has 2 amide bonds. The van der Waals surface area contributed by atoms with Gasteiger partial charge in [0.15, 0.2) is 0 Å². The number of hydrogen-bond acceptors (Lipinski definition) is 6. The summed E-state index contributed by atoms with van der Waals surface area (Å²) in [5, 5.41) is 15.1. The number of nitrogens with zero attached hydrogens (tertiary/aromatic N) is 3. The smallest absolute Gasteiger partial charge is 0.225 e. The highest BCUT2D eigenvalue weighted by molar-refractivity contribution is 5.85. The van der Waals surface area contributed by atoms with Crippen molar-refractivity contribution < 1.29 is 19.4 Å². The van der Waals surface area contributed by atoms with Gasteiger partial charge in [-0.1, -0.05) is 66.7 Å². The molecule has 3 aromatic carbocycles. The summed E-state index contributed by atoms with van der Waals surface area (Å²) < 4.78 is 5.98. The normalized spacial score (nSPS) is 17.8. The highest BCUT2D eigenvalue weighted by Crippen LogP contribution is 2.26. The van der Waals surface area contributed by atoms with Crippen LogP contribution in [0.5, 0.6) is 5.75 Å². The van der Waals surface area contributed by atoms with Gasteiger partial charge in [0.25, 0.3) is 0 Å². The van der Waals surface area contributed by atoms with Crippen LogP contribution in [0.2, 0.25) is 0 Å². The van der Waals surface area contributed by atoms with Crippen molar-refractivity contribution in [2.24, 2.45) is 11.8 Å². The van der Waals surface area contributed by atoms with E-state index in [1.807, 2.05) is 47.4 Å². The Bertz CT molecular complexity index is 1610. The lowest BCUT2D eigenvalue weighted by molar-refractivity contribution is -0.140. The summed E-state index contributed by atoms with van der Waals surface area (Å²) in [5.74, 6) is 0.800. The quantitative estimate of drug-likeness (QED) is 0.140. The Morgan fingerprint density at radius 3 is 2.18 bits per heavy atom. The van der Waals surface area contributed by atoms with Crippen molar-refractivity contribution in [3.05, 3.63) is 108 Å². The van der Waals surface area contributed by atoms with Gasteiger partial charge in [0.1, 0.15) is 18.5 Å². The van der Waals surface area contributed by atoms with Crippen molar-refractivity contribution in [3.63, 3.8) is 0 Å². The molecule has 0 bridgehead atoms. The number of aliphatic hydroxyl groups is 1. The van der Waals surface area contributed by atoms with Gasteiger partial charge in [-0.3, -0.25) is 14.6 Å². The van der Waals surface area contributed by atoms with E-state index in [2.05, 4.69) is 63.7 Å². The van der Waals surface area contributed by atoms with Crippen LogP contribution in [0.1, 0.15) is 62.5 Å². The maximum Gasteiger partial charge on any atom is 0.225 e. The fourth-order valence-corrected chi connectivity index (χ4v) is 7.75.